The first-order chi connectivity index (χ1) is 18.1. The van der Waals surface area contributed by atoms with Crippen LogP contribution in [0.4, 0.5) is 16.2 Å². The zero-order valence-electron chi connectivity index (χ0n) is 22.4. The van der Waals surface area contributed by atoms with Crippen LogP contribution in [0.2, 0.25) is 0 Å². The Bertz CT molecular complexity index is 1450. The first-order valence-corrected chi connectivity index (χ1v) is 12.4. The van der Waals surface area contributed by atoms with E-state index in [1.165, 1.54) is 0 Å². The van der Waals surface area contributed by atoms with Crippen molar-refractivity contribution in [2.24, 2.45) is 0 Å². The number of amides is 1. The fraction of sp³-hybridized carbons (Fsp3) is 0.321. The van der Waals surface area contributed by atoms with Gasteiger partial charge in [0, 0.05) is 0 Å². The molecule has 0 radical (unpaired) electrons. The van der Waals surface area contributed by atoms with Crippen LogP contribution in [-0.4, -0.2) is 44.5 Å². The second-order valence-electron chi connectivity index (χ2n) is 9.89. The fourth-order valence-electron chi connectivity index (χ4n) is 4.16. The minimum atomic E-state index is -1.08. The zero-order valence-corrected chi connectivity index (χ0v) is 22.4. The van der Waals surface area contributed by atoms with E-state index < -0.39 is 23.7 Å². The molecule has 0 saturated carbocycles. The first-order valence-electron chi connectivity index (χ1n) is 12.4. The van der Waals surface area contributed by atoms with Crippen molar-refractivity contribution in [2.45, 2.75) is 53.2 Å². The number of benzene rings is 3. The van der Waals surface area contributed by atoms with E-state index in [0.717, 1.165) is 27.6 Å². The predicted molar refractivity (Wildman–Crippen MR) is 145 cm³/mol. The minimum Gasteiger partial charge on any atom is -0.464 e. The van der Waals surface area contributed by atoms with Gasteiger partial charge < -0.3 is 14.8 Å². The van der Waals surface area contributed by atoms with Crippen molar-refractivity contribution in [1.82, 2.24) is 20.2 Å². The van der Waals surface area contributed by atoms with Crippen LogP contribution in [0, 0.1) is 13.8 Å². The largest absolute Gasteiger partial charge is 0.464 e. The monoisotopic (exact) mass is 516 g/mol. The number of carbonyl (C=O) groups excluding carboxylic acids is 2. The zero-order chi connectivity index (χ0) is 27.4. The Morgan fingerprint density at radius 1 is 0.974 bits per heavy atom. The third-order valence-electron chi connectivity index (χ3n) is 5.75. The molecule has 0 saturated heterocycles. The summed E-state index contributed by atoms with van der Waals surface area (Å²) in [6.45, 7) is 11.2. The van der Waals surface area contributed by atoms with Gasteiger partial charge in [0.2, 0.25) is 0 Å². The molecule has 198 valence electrons. The van der Waals surface area contributed by atoms with Crippen molar-refractivity contribution in [2.75, 3.05) is 17.2 Å². The van der Waals surface area contributed by atoms with Gasteiger partial charge in [-0.2, -0.15) is 4.68 Å². The van der Waals surface area contributed by atoms with Gasteiger partial charge in [0.1, 0.15) is 5.60 Å². The molecule has 10 heteroatoms. The lowest BCUT2D eigenvalue weighted by Gasteiger charge is -2.23. The Morgan fingerprint density at radius 2 is 1.61 bits per heavy atom. The van der Waals surface area contributed by atoms with Crippen LogP contribution in [-0.2, 0) is 14.3 Å². The lowest BCUT2D eigenvalue weighted by molar-refractivity contribution is -0.144. The summed E-state index contributed by atoms with van der Waals surface area (Å²) in [5.74, 6) is -0.316. The number of rotatable bonds is 7. The normalized spacial score (nSPS) is 12.2. The number of esters is 1. The van der Waals surface area contributed by atoms with Crippen molar-refractivity contribution in [3.05, 3.63) is 71.5 Å². The Kier molecular flexibility index (Phi) is 7.61. The van der Waals surface area contributed by atoms with Crippen molar-refractivity contribution in [3.63, 3.8) is 0 Å². The van der Waals surface area contributed by atoms with Crippen LogP contribution < -0.4 is 10.6 Å². The summed E-state index contributed by atoms with van der Waals surface area (Å²) in [5, 5.41) is 20.1. The van der Waals surface area contributed by atoms with Gasteiger partial charge in [0.25, 0.3) is 0 Å². The summed E-state index contributed by atoms with van der Waals surface area (Å²) in [4.78, 5) is 26.0. The molecule has 0 aliphatic rings. The number of hydrogen-bond donors (Lipinski definition) is 2. The molecule has 1 unspecified atom stereocenters. The molecule has 0 aliphatic heterocycles. The number of fused-ring (bicyclic) bond motifs is 1. The molecule has 4 aromatic rings. The van der Waals surface area contributed by atoms with Crippen molar-refractivity contribution in [3.8, 4) is 5.69 Å². The van der Waals surface area contributed by atoms with Crippen molar-refractivity contribution >= 4 is 34.2 Å². The number of aromatic nitrogens is 4. The lowest BCUT2D eigenvalue weighted by Crippen LogP contribution is -2.29. The van der Waals surface area contributed by atoms with Gasteiger partial charge in [-0.05, 0) is 86.0 Å². The number of hydrogen-bond acceptors (Lipinski definition) is 8. The molecule has 0 aliphatic carbocycles. The second kappa shape index (κ2) is 10.9. The maximum atomic E-state index is 13.3. The first kappa shape index (κ1) is 26.6. The summed E-state index contributed by atoms with van der Waals surface area (Å²) in [7, 11) is 0. The van der Waals surface area contributed by atoms with E-state index in [2.05, 4.69) is 26.2 Å². The molecule has 1 atom stereocenters. The van der Waals surface area contributed by atoms with E-state index >= 15 is 0 Å². The van der Waals surface area contributed by atoms with Gasteiger partial charge in [-0.1, -0.05) is 42.5 Å². The van der Waals surface area contributed by atoms with Crippen LogP contribution >= 0.6 is 0 Å². The number of tetrazole rings is 1. The molecular weight excluding hydrogens is 484 g/mol. The van der Waals surface area contributed by atoms with E-state index in [1.54, 1.807) is 32.4 Å². The smallest absolute Gasteiger partial charge is 0.412 e. The van der Waals surface area contributed by atoms with E-state index in [0.29, 0.717) is 11.4 Å². The highest BCUT2D eigenvalue weighted by molar-refractivity contribution is 5.98. The molecule has 1 heterocycles. The van der Waals surface area contributed by atoms with Crippen LogP contribution in [0.15, 0.2) is 54.6 Å². The predicted octanol–water partition coefficient (Wildman–Crippen LogP) is 5.50. The quantitative estimate of drug-likeness (QED) is 0.309. The highest BCUT2D eigenvalue weighted by Crippen LogP contribution is 2.33. The molecule has 3 aromatic carbocycles. The van der Waals surface area contributed by atoms with Gasteiger partial charge in [0.05, 0.1) is 23.7 Å². The number of carbonyl (C=O) groups is 2. The highest BCUT2D eigenvalue weighted by Gasteiger charge is 2.31. The number of nitrogens with one attached hydrogen (secondary N) is 2. The summed E-state index contributed by atoms with van der Waals surface area (Å²) >= 11 is 0. The van der Waals surface area contributed by atoms with E-state index in [1.807, 2.05) is 68.4 Å². The SMILES string of the molecule is CCOC(=O)C(Nc1cc2ccccc2cc1NC(=O)OC(C)(C)C)c1nnnn1-c1c(C)cccc1C. The molecule has 10 nitrogen and oxygen atoms in total. The van der Waals surface area contributed by atoms with Crippen molar-refractivity contribution < 1.29 is 19.1 Å². The minimum absolute atomic E-state index is 0.169. The van der Waals surface area contributed by atoms with Gasteiger partial charge in [-0.25, -0.2) is 9.59 Å². The van der Waals surface area contributed by atoms with Gasteiger partial charge in [-0.15, -0.1) is 5.10 Å². The fourth-order valence-corrected chi connectivity index (χ4v) is 4.16. The second-order valence-corrected chi connectivity index (χ2v) is 9.89. The summed E-state index contributed by atoms with van der Waals surface area (Å²) in [6, 6.07) is 16.1. The molecular formula is C28H32N6O4. The Balaban J connectivity index is 1.81. The molecule has 0 fully saturated rings. The molecule has 1 aromatic heterocycles. The summed E-state index contributed by atoms with van der Waals surface area (Å²) in [5.41, 5.74) is 2.88. The Morgan fingerprint density at radius 3 is 2.21 bits per heavy atom. The Labute approximate surface area is 221 Å². The Hall–Kier alpha value is -4.47. The molecule has 2 N–H and O–H groups in total. The van der Waals surface area contributed by atoms with Gasteiger partial charge in [-0.3, -0.25) is 5.32 Å². The van der Waals surface area contributed by atoms with Crippen LogP contribution in [0.1, 0.15) is 50.7 Å². The number of ether oxygens (including phenoxy) is 2. The van der Waals surface area contributed by atoms with Gasteiger partial charge in [0.15, 0.2) is 11.9 Å². The standard InChI is InChI=1S/C28H32N6O4/c1-7-37-26(35)23(25-31-32-33-34(25)24-17(2)11-10-12-18(24)3)29-21-15-19-13-8-9-14-20(19)16-22(21)30-27(36)38-28(4,5)6/h8-16,23,29H,7H2,1-6H3,(H,30,36). The topological polar surface area (TPSA) is 120 Å². The molecule has 38 heavy (non-hydrogen) atoms. The average molecular weight is 517 g/mol. The van der Waals surface area contributed by atoms with Crippen LogP contribution in [0.25, 0.3) is 16.5 Å². The summed E-state index contributed by atoms with van der Waals surface area (Å²) in [6.07, 6.45) is -0.621. The van der Waals surface area contributed by atoms with E-state index in [9.17, 15) is 9.59 Å². The van der Waals surface area contributed by atoms with Crippen LogP contribution in [0.5, 0.6) is 0 Å². The number of anilines is 2. The summed E-state index contributed by atoms with van der Waals surface area (Å²) < 4.78 is 12.4. The van der Waals surface area contributed by atoms with E-state index in [4.69, 9.17) is 9.47 Å². The maximum absolute atomic E-state index is 13.3. The van der Waals surface area contributed by atoms with Crippen LogP contribution in [0.3, 0.4) is 0 Å². The molecule has 0 bridgehead atoms. The number of para-hydroxylation sites is 1. The van der Waals surface area contributed by atoms with Gasteiger partial charge >= 0.3 is 12.1 Å². The number of nitrogens with zero attached hydrogens (tertiary/aromatic N) is 4. The third kappa shape index (κ3) is 5.91. The number of aryl methyl sites for hydroxylation is 2. The van der Waals surface area contributed by atoms with E-state index in [-0.39, 0.29) is 12.4 Å². The lowest BCUT2D eigenvalue weighted by atomic mass is 10.1. The third-order valence-corrected chi connectivity index (χ3v) is 5.75. The maximum Gasteiger partial charge on any atom is 0.412 e. The highest BCUT2D eigenvalue weighted by atomic mass is 16.6. The molecule has 4 rings (SSSR count). The average Bonchev–Trinajstić information content (AvgIpc) is 3.30. The molecule has 0 spiro atoms. The molecule has 1 amide bonds. The van der Waals surface area contributed by atoms with Crippen molar-refractivity contribution in [1.29, 1.82) is 0 Å².